The van der Waals surface area contributed by atoms with Gasteiger partial charge >= 0.3 is 0 Å². The Labute approximate surface area is 176 Å². The Kier molecular flexibility index (Phi) is 5.61. The van der Waals surface area contributed by atoms with Crippen LogP contribution in [-0.2, 0) is 6.42 Å². The Bertz CT molecular complexity index is 1170. The normalized spacial score (nSPS) is 14.4. The molecule has 0 spiro atoms. The van der Waals surface area contributed by atoms with E-state index in [0.29, 0.717) is 23.2 Å². The maximum Gasteiger partial charge on any atom is 0.180 e. The second kappa shape index (κ2) is 8.49. The van der Waals surface area contributed by atoms with Crippen molar-refractivity contribution in [3.05, 3.63) is 58.9 Å². The fourth-order valence-electron chi connectivity index (χ4n) is 4.26. The van der Waals surface area contributed by atoms with Crippen LogP contribution in [0.5, 0.6) is 0 Å². The summed E-state index contributed by atoms with van der Waals surface area (Å²) in [5.41, 5.74) is 5.21. The molecule has 0 saturated carbocycles. The zero-order chi connectivity index (χ0) is 21.1. The summed E-state index contributed by atoms with van der Waals surface area (Å²) in [5, 5.41) is 18.2. The van der Waals surface area contributed by atoms with Crippen molar-refractivity contribution in [3.63, 3.8) is 0 Å². The Hall–Kier alpha value is -3.48. The summed E-state index contributed by atoms with van der Waals surface area (Å²) in [6.07, 6.45) is 5.44. The van der Waals surface area contributed by atoms with Crippen LogP contribution in [-0.4, -0.2) is 39.9 Å². The minimum Gasteiger partial charge on any atom is -0.312 e. The van der Waals surface area contributed by atoms with E-state index in [4.69, 9.17) is 10.5 Å². The van der Waals surface area contributed by atoms with Gasteiger partial charge in [-0.05, 0) is 68.8 Å². The zero-order valence-corrected chi connectivity index (χ0v) is 17.1. The quantitative estimate of drug-likeness (QED) is 0.609. The first kappa shape index (κ1) is 19.8. The van der Waals surface area contributed by atoms with Crippen LogP contribution in [0.15, 0.2) is 36.5 Å². The number of nitrogens with zero attached hydrogens (tertiary/aromatic N) is 5. The van der Waals surface area contributed by atoms with Gasteiger partial charge in [-0.1, -0.05) is 6.42 Å². The first-order valence-electron chi connectivity index (χ1n) is 10.3. The second-order valence-corrected chi connectivity index (χ2v) is 7.76. The van der Waals surface area contributed by atoms with Gasteiger partial charge in [-0.2, -0.15) is 10.5 Å². The van der Waals surface area contributed by atoms with Crippen LogP contribution in [0.1, 0.15) is 46.4 Å². The van der Waals surface area contributed by atoms with Gasteiger partial charge in [0, 0.05) is 17.6 Å². The minimum absolute atomic E-state index is 0.0762. The molecule has 30 heavy (non-hydrogen) atoms. The summed E-state index contributed by atoms with van der Waals surface area (Å²) in [6.45, 7) is 4.25. The minimum atomic E-state index is 0.0762. The summed E-state index contributed by atoms with van der Waals surface area (Å²) >= 11 is 0. The third-order valence-corrected chi connectivity index (χ3v) is 5.73. The van der Waals surface area contributed by atoms with Crippen molar-refractivity contribution in [1.29, 1.82) is 10.5 Å². The Morgan fingerprint density at radius 3 is 2.53 bits per heavy atom. The van der Waals surface area contributed by atoms with Gasteiger partial charge in [-0.3, -0.25) is 14.7 Å². The van der Waals surface area contributed by atoms with Crippen molar-refractivity contribution in [2.45, 2.75) is 32.6 Å². The van der Waals surface area contributed by atoms with Crippen molar-refractivity contribution in [2.24, 2.45) is 0 Å². The molecule has 1 aliphatic rings. The van der Waals surface area contributed by atoms with Gasteiger partial charge in [-0.25, -0.2) is 0 Å². The van der Waals surface area contributed by atoms with Gasteiger partial charge in [0.2, 0.25) is 0 Å². The molecule has 1 fully saturated rings. The molecule has 1 saturated heterocycles. The molecule has 1 aromatic carbocycles. The van der Waals surface area contributed by atoms with Crippen LogP contribution in [0.25, 0.3) is 16.7 Å². The summed E-state index contributed by atoms with van der Waals surface area (Å²) in [5.74, 6) is 0.0762. The molecule has 4 rings (SSSR count). The first-order valence-corrected chi connectivity index (χ1v) is 10.3. The third kappa shape index (κ3) is 3.70. The molecule has 0 N–H and O–H groups in total. The highest BCUT2D eigenvalue weighted by Crippen LogP contribution is 2.29. The number of carbonyl (C=O) groups is 1. The highest BCUT2D eigenvalue weighted by Gasteiger charge is 2.24. The van der Waals surface area contributed by atoms with E-state index in [1.165, 1.54) is 6.42 Å². The number of hydrogen-bond acceptors (Lipinski definition) is 5. The number of carbonyl (C=O) groups excluding carboxylic acids is 1. The topological polar surface area (TPSA) is 85.7 Å². The number of piperidine rings is 1. The number of Topliss-reactive ketones (excluding diaryl/α,β-unsaturated/α-hetero) is 1. The molecular weight excluding hydrogens is 374 g/mol. The van der Waals surface area contributed by atoms with E-state index < -0.39 is 0 Å². The number of aromatic nitrogens is 2. The molecule has 0 unspecified atom stereocenters. The Morgan fingerprint density at radius 2 is 1.87 bits per heavy atom. The number of likely N-dealkylation sites (tertiary alicyclic amines) is 1. The molecule has 0 atom stereocenters. The fraction of sp³-hybridized carbons (Fsp3) is 0.333. The predicted octanol–water partition coefficient (Wildman–Crippen LogP) is 3.94. The number of rotatable bonds is 5. The summed E-state index contributed by atoms with van der Waals surface area (Å²) < 4.78 is 2.01. The number of hydrogen-bond donors (Lipinski definition) is 0. The molecule has 0 bridgehead atoms. The van der Waals surface area contributed by atoms with E-state index in [2.05, 4.69) is 22.0 Å². The van der Waals surface area contributed by atoms with Crippen LogP contribution in [0.3, 0.4) is 0 Å². The smallest absolute Gasteiger partial charge is 0.180 e. The van der Waals surface area contributed by atoms with E-state index in [-0.39, 0.29) is 12.2 Å². The van der Waals surface area contributed by atoms with Gasteiger partial charge in [0.15, 0.2) is 5.78 Å². The Balaban J connectivity index is 1.83. The van der Waals surface area contributed by atoms with Gasteiger partial charge in [0.05, 0.1) is 47.3 Å². The SMILES string of the molecule is Cc1c(C(=O)CN2CCCCC2)c2ncc(CC#N)cc2n1-c1ccc(C#N)cc1. The van der Waals surface area contributed by atoms with Gasteiger partial charge in [-0.15, -0.1) is 0 Å². The molecule has 3 heterocycles. The lowest BCUT2D eigenvalue weighted by Crippen LogP contribution is -2.34. The molecular formula is C24H23N5O. The van der Waals surface area contributed by atoms with Crippen molar-refractivity contribution in [1.82, 2.24) is 14.5 Å². The first-order chi connectivity index (χ1) is 14.6. The maximum absolute atomic E-state index is 13.3. The molecule has 3 aromatic rings. The lowest BCUT2D eigenvalue weighted by molar-refractivity contribution is 0.0916. The molecule has 2 aromatic heterocycles. The number of fused-ring (bicyclic) bond motifs is 1. The van der Waals surface area contributed by atoms with Crippen LogP contribution in [0, 0.1) is 29.6 Å². The number of ketones is 1. The molecule has 150 valence electrons. The van der Waals surface area contributed by atoms with Crippen LogP contribution < -0.4 is 0 Å². The molecule has 0 radical (unpaired) electrons. The molecule has 0 aliphatic carbocycles. The summed E-state index contributed by atoms with van der Waals surface area (Å²) in [6, 6.07) is 13.5. The van der Waals surface area contributed by atoms with Gasteiger partial charge < -0.3 is 4.57 Å². The van der Waals surface area contributed by atoms with Crippen molar-refractivity contribution in [3.8, 4) is 17.8 Å². The third-order valence-electron chi connectivity index (χ3n) is 5.73. The van der Waals surface area contributed by atoms with Gasteiger partial charge in [0.25, 0.3) is 0 Å². The van der Waals surface area contributed by atoms with Crippen LogP contribution >= 0.6 is 0 Å². The van der Waals surface area contributed by atoms with Gasteiger partial charge in [0.1, 0.15) is 0 Å². The molecule has 1 aliphatic heterocycles. The molecule has 6 nitrogen and oxygen atoms in total. The average Bonchev–Trinajstić information content (AvgIpc) is 3.06. The monoisotopic (exact) mass is 397 g/mol. The largest absolute Gasteiger partial charge is 0.312 e. The standard InChI is InChI=1S/C24H23N5O/c1-17-23(22(30)16-28-11-3-2-4-12-28)24-21(13-19(9-10-25)15-27-24)29(17)20-7-5-18(14-26)6-8-20/h5-8,13,15H,2-4,9,11-12,16H2,1H3. The highest BCUT2D eigenvalue weighted by atomic mass is 16.1. The molecule has 0 amide bonds. The van der Waals surface area contributed by atoms with E-state index in [1.807, 2.05) is 29.7 Å². The van der Waals surface area contributed by atoms with E-state index >= 15 is 0 Å². The lowest BCUT2D eigenvalue weighted by atomic mass is 10.1. The second-order valence-electron chi connectivity index (χ2n) is 7.76. The lowest BCUT2D eigenvalue weighted by Gasteiger charge is -2.25. The van der Waals surface area contributed by atoms with E-state index in [9.17, 15) is 4.79 Å². The Morgan fingerprint density at radius 1 is 1.13 bits per heavy atom. The van der Waals surface area contributed by atoms with Crippen molar-refractivity contribution in [2.75, 3.05) is 19.6 Å². The molecule has 6 heteroatoms. The zero-order valence-electron chi connectivity index (χ0n) is 17.1. The van der Waals surface area contributed by atoms with E-state index in [0.717, 1.165) is 48.4 Å². The fourth-order valence-corrected chi connectivity index (χ4v) is 4.26. The summed E-state index contributed by atoms with van der Waals surface area (Å²) in [4.78, 5) is 20.1. The maximum atomic E-state index is 13.3. The average molecular weight is 397 g/mol. The number of pyridine rings is 1. The highest BCUT2D eigenvalue weighted by molar-refractivity contribution is 6.09. The van der Waals surface area contributed by atoms with E-state index in [1.54, 1.807) is 18.3 Å². The van der Waals surface area contributed by atoms with Crippen molar-refractivity contribution >= 4 is 16.8 Å². The summed E-state index contributed by atoms with van der Waals surface area (Å²) in [7, 11) is 0. The number of benzene rings is 1. The van der Waals surface area contributed by atoms with Crippen molar-refractivity contribution < 1.29 is 4.79 Å². The van der Waals surface area contributed by atoms with Crippen LogP contribution in [0.4, 0.5) is 0 Å². The van der Waals surface area contributed by atoms with Crippen LogP contribution in [0.2, 0.25) is 0 Å². The predicted molar refractivity (Wildman–Crippen MR) is 114 cm³/mol. The number of nitriles is 2.